The van der Waals surface area contributed by atoms with E-state index in [0.29, 0.717) is 23.0 Å². The topological polar surface area (TPSA) is 115 Å². The van der Waals surface area contributed by atoms with Crippen LogP contribution in [0.3, 0.4) is 0 Å². The molecule has 0 heterocycles. The standard InChI is InChI=1S/C35H35Cl2NO5.C35H37Cl2NO3/c1-24(43-32-19-11-28(12-20-32)35(40)41)34(39)23-42-31-17-5-25(6-18-31)4-3-21-38(2)22-33(26-7-13-29(36)14-8-26)27-9-15-30(37)16-10-27;1-25-6-18-33(19-7-25)41-26(2)35(39)24-40-32-20-8-27(9-21-32)5-4-22-38(3)23-34(28-10-14-30(36)15-11-28)29-12-16-31(37)17-13-29/h5-20,24,33H,3-4,21-23H2,1-2H3,(H,40,41);6-21,26,34H,4-5,22-24H2,1-3H3. The molecule has 438 valence electrons. The molecule has 1 N–H and O–H groups in total. The van der Waals surface area contributed by atoms with Crippen molar-refractivity contribution >= 4 is 63.9 Å². The Balaban J connectivity index is 0.000000241. The van der Waals surface area contributed by atoms with Crippen molar-refractivity contribution < 1.29 is 38.4 Å². The van der Waals surface area contributed by atoms with Gasteiger partial charge in [0.15, 0.2) is 25.4 Å². The molecular weight excluding hydrogens is 1140 g/mol. The number of carboxylic acids is 1. The lowest BCUT2D eigenvalue weighted by Gasteiger charge is -2.25. The Hall–Kier alpha value is -7.15. The first-order chi connectivity index (χ1) is 40.4. The van der Waals surface area contributed by atoms with Crippen LogP contribution < -0.4 is 18.9 Å². The lowest BCUT2D eigenvalue weighted by atomic mass is 9.91. The van der Waals surface area contributed by atoms with Crippen molar-refractivity contribution in [1.29, 1.82) is 0 Å². The molecule has 8 aromatic rings. The number of halogens is 4. The SMILES string of the molecule is CC(Oc1ccc(C(=O)O)cc1)C(=O)COc1ccc(CCCN(C)CC(c2ccc(Cl)cc2)c2ccc(Cl)cc2)cc1.Cc1ccc(OC(C)C(=O)COc2ccc(CCCN(C)CC(c3ccc(Cl)cc3)c3ccc(Cl)cc3)cc2)cc1. The van der Waals surface area contributed by atoms with E-state index in [1.165, 1.54) is 57.6 Å². The average Bonchev–Trinajstić information content (AvgIpc) is 3.55. The van der Waals surface area contributed by atoms with Gasteiger partial charge >= 0.3 is 5.97 Å². The minimum Gasteiger partial charge on any atom is -0.486 e. The Morgan fingerprint density at radius 1 is 0.429 bits per heavy atom. The van der Waals surface area contributed by atoms with Gasteiger partial charge in [-0.15, -0.1) is 0 Å². The van der Waals surface area contributed by atoms with Crippen molar-refractivity contribution in [2.75, 3.05) is 53.5 Å². The number of hydrogen-bond donors (Lipinski definition) is 1. The Morgan fingerprint density at radius 2 is 0.726 bits per heavy atom. The van der Waals surface area contributed by atoms with Crippen LogP contribution in [0, 0.1) is 6.92 Å². The van der Waals surface area contributed by atoms with E-state index in [2.05, 4.69) is 84.6 Å². The predicted octanol–water partition coefficient (Wildman–Crippen LogP) is 16.2. The van der Waals surface area contributed by atoms with E-state index in [1.54, 1.807) is 13.8 Å². The molecule has 8 aromatic carbocycles. The zero-order valence-electron chi connectivity index (χ0n) is 48.1. The molecule has 0 aromatic heterocycles. The zero-order valence-corrected chi connectivity index (χ0v) is 51.1. The van der Waals surface area contributed by atoms with Crippen LogP contribution in [-0.2, 0) is 22.4 Å². The van der Waals surface area contributed by atoms with E-state index in [4.69, 9.17) is 70.5 Å². The van der Waals surface area contributed by atoms with Crippen molar-refractivity contribution in [1.82, 2.24) is 9.80 Å². The summed E-state index contributed by atoms with van der Waals surface area (Å²) in [6.07, 6.45) is 2.58. The molecule has 0 saturated carbocycles. The highest BCUT2D eigenvalue weighted by Gasteiger charge is 2.21. The second kappa shape index (κ2) is 32.8. The van der Waals surface area contributed by atoms with Crippen molar-refractivity contribution in [3.63, 3.8) is 0 Å². The number of carboxylic acid groups (broad SMARTS) is 1. The Bertz CT molecular complexity index is 3200. The number of ether oxygens (including phenoxy) is 4. The summed E-state index contributed by atoms with van der Waals surface area (Å²) in [6.45, 7) is 8.89. The van der Waals surface area contributed by atoms with Gasteiger partial charge < -0.3 is 33.9 Å². The maximum absolute atomic E-state index is 12.5. The molecule has 0 radical (unpaired) electrons. The second-order valence-corrected chi connectivity index (χ2v) is 22.7. The van der Waals surface area contributed by atoms with Gasteiger partial charge in [-0.2, -0.15) is 0 Å². The number of benzene rings is 8. The van der Waals surface area contributed by atoms with Crippen molar-refractivity contribution in [3.05, 3.63) is 259 Å². The van der Waals surface area contributed by atoms with E-state index in [1.807, 2.05) is 116 Å². The van der Waals surface area contributed by atoms with Crippen LogP contribution >= 0.6 is 46.4 Å². The fraction of sp³-hybridized carbons (Fsp3) is 0.271. The summed E-state index contributed by atoms with van der Waals surface area (Å²) in [5.41, 5.74) is 8.61. The fourth-order valence-corrected chi connectivity index (χ4v) is 9.88. The number of likely N-dealkylation sites (N-methyl/N-ethyl adjacent to an activating group) is 2. The number of carbonyl (C=O) groups is 3. The molecule has 0 spiro atoms. The van der Waals surface area contributed by atoms with Gasteiger partial charge in [0, 0.05) is 45.0 Å². The number of carbonyl (C=O) groups excluding carboxylic acids is 2. The first kappa shape index (κ1) is 64.4. The van der Waals surface area contributed by atoms with E-state index in [0.717, 1.165) is 77.5 Å². The first-order valence-electron chi connectivity index (χ1n) is 28.1. The third kappa shape index (κ3) is 21.2. The molecule has 14 heteroatoms. The number of rotatable bonds is 29. The van der Waals surface area contributed by atoms with Gasteiger partial charge in [0.1, 0.15) is 23.0 Å². The van der Waals surface area contributed by atoms with Crippen molar-refractivity contribution in [3.8, 4) is 23.0 Å². The summed E-state index contributed by atoms with van der Waals surface area (Å²) in [6, 6.07) is 61.6. The molecule has 0 fully saturated rings. The van der Waals surface area contributed by atoms with Crippen molar-refractivity contribution in [2.24, 2.45) is 0 Å². The molecule has 8 rings (SSSR count). The number of aryl methyl sites for hydroxylation is 3. The summed E-state index contributed by atoms with van der Waals surface area (Å²) < 4.78 is 22.8. The summed E-state index contributed by atoms with van der Waals surface area (Å²) in [4.78, 5) is 40.7. The van der Waals surface area contributed by atoms with Gasteiger partial charge in [0.25, 0.3) is 0 Å². The minimum absolute atomic E-state index is 0.0282. The number of ketones is 2. The van der Waals surface area contributed by atoms with Gasteiger partial charge in [0.2, 0.25) is 11.6 Å². The normalized spacial score (nSPS) is 11.9. The Kier molecular flexibility index (Phi) is 25.1. The zero-order chi connectivity index (χ0) is 60.0. The fourth-order valence-electron chi connectivity index (χ4n) is 9.38. The molecule has 84 heavy (non-hydrogen) atoms. The summed E-state index contributed by atoms with van der Waals surface area (Å²) in [5, 5.41) is 11.9. The lowest BCUT2D eigenvalue weighted by molar-refractivity contribution is -0.127. The van der Waals surface area contributed by atoms with Gasteiger partial charge in [-0.1, -0.05) is 137 Å². The summed E-state index contributed by atoms with van der Waals surface area (Å²) in [7, 11) is 4.30. The monoisotopic (exact) mass is 1210 g/mol. The number of Topliss-reactive ketones (excluding diaryl/α,β-unsaturated/α-hetero) is 2. The minimum atomic E-state index is -1.02. The van der Waals surface area contributed by atoms with Crippen LogP contribution in [0.2, 0.25) is 20.1 Å². The highest BCUT2D eigenvalue weighted by molar-refractivity contribution is 6.31. The Labute approximate surface area is 514 Å². The largest absolute Gasteiger partial charge is 0.486 e. The van der Waals surface area contributed by atoms with Gasteiger partial charge in [0.05, 0.1) is 5.56 Å². The highest BCUT2D eigenvalue weighted by atomic mass is 35.5. The number of nitrogens with zero attached hydrogens (tertiary/aromatic N) is 2. The molecule has 0 saturated heterocycles. The maximum Gasteiger partial charge on any atom is 0.335 e. The molecule has 0 aliphatic carbocycles. The van der Waals surface area contributed by atoms with Crippen LogP contribution in [0.1, 0.15) is 87.8 Å². The van der Waals surface area contributed by atoms with E-state index >= 15 is 0 Å². The van der Waals surface area contributed by atoms with Crippen LogP contribution in [0.5, 0.6) is 23.0 Å². The molecule has 0 aliphatic heterocycles. The lowest BCUT2D eigenvalue weighted by Crippen LogP contribution is -2.28. The number of hydrogen-bond acceptors (Lipinski definition) is 9. The first-order valence-corrected chi connectivity index (χ1v) is 29.6. The van der Waals surface area contributed by atoms with Gasteiger partial charge in [-0.05, 0) is 216 Å². The molecule has 2 unspecified atom stereocenters. The quantitative estimate of drug-likeness (QED) is 0.0486. The summed E-state index contributed by atoms with van der Waals surface area (Å²) >= 11 is 24.6. The third-order valence-electron chi connectivity index (χ3n) is 14.4. The van der Waals surface area contributed by atoms with Crippen LogP contribution in [0.25, 0.3) is 0 Å². The third-order valence-corrected chi connectivity index (χ3v) is 15.4. The van der Waals surface area contributed by atoms with Gasteiger partial charge in [-0.3, -0.25) is 9.59 Å². The highest BCUT2D eigenvalue weighted by Crippen LogP contribution is 2.30. The summed E-state index contributed by atoms with van der Waals surface area (Å²) in [5.74, 6) is 1.47. The average molecular weight is 1210 g/mol. The molecule has 0 bridgehead atoms. The van der Waals surface area contributed by atoms with Gasteiger partial charge in [-0.25, -0.2) is 4.79 Å². The van der Waals surface area contributed by atoms with E-state index in [9.17, 15) is 14.4 Å². The number of aromatic carboxylic acids is 1. The molecule has 0 aliphatic rings. The Morgan fingerprint density at radius 3 is 1.04 bits per heavy atom. The smallest absolute Gasteiger partial charge is 0.335 e. The predicted molar refractivity (Wildman–Crippen MR) is 340 cm³/mol. The van der Waals surface area contributed by atoms with E-state index < -0.39 is 18.2 Å². The molecule has 2 atom stereocenters. The van der Waals surface area contributed by atoms with Crippen LogP contribution in [0.15, 0.2) is 194 Å². The van der Waals surface area contributed by atoms with Crippen LogP contribution in [-0.4, -0.2) is 98.1 Å². The molecule has 10 nitrogen and oxygen atoms in total. The molecular formula is C70H72Cl4N2O8. The second-order valence-electron chi connectivity index (χ2n) is 21.0. The van der Waals surface area contributed by atoms with E-state index in [-0.39, 0.29) is 42.2 Å². The van der Waals surface area contributed by atoms with Crippen LogP contribution in [0.4, 0.5) is 0 Å². The molecule has 0 amide bonds. The maximum atomic E-state index is 12.5. The van der Waals surface area contributed by atoms with Crippen molar-refractivity contribution in [2.45, 2.75) is 70.5 Å².